The van der Waals surface area contributed by atoms with Crippen LogP contribution in [0.5, 0.6) is 0 Å². The maximum atomic E-state index is 12.2. The molecular weight excluding hydrogens is 338 g/mol. The summed E-state index contributed by atoms with van der Waals surface area (Å²) < 4.78 is 70.3. The fraction of sp³-hybridized carbons (Fsp3) is 0.455. The van der Waals surface area contributed by atoms with Gasteiger partial charge in [-0.05, 0) is 18.6 Å². The lowest BCUT2D eigenvalue weighted by atomic mass is 10.4. The van der Waals surface area contributed by atoms with Crippen molar-refractivity contribution in [1.29, 1.82) is 0 Å². The number of hydrogen-bond acceptors (Lipinski definition) is 6. The van der Waals surface area contributed by atoms with Crippen molar-refractivity contribution in [2.24, 2.45) is 5.14 Å². The predicted octanol–water partition coefficient (Wildman–Crippen LogP) is -0.0675. The molecule has 0 saturated carbocycles. The average Bonchev–Trinajstić information content (AvgIpc) is 2.36. The minimum absolute atomic E-state index is 0.186. The van der Waals surface area contributed by atoms with Crippen molar-refractivity contribution in [1.82, 2.24) is 0 Å². The first-order valence-electron chi connectivity index (χ1n) is 6.04. The van der Waals surface area contributed by atoms with Gasteiger partial charge in [0.15, 0.2) is 19.7 Å². The first kappa shape index (κ1) is 18.1. The molecule has 1 rings (SSSR count). The Morgan fingerprint density at radius 3 is 1.62 bits per heavy atom. The van der Waals surface area contributed by atoms with Crippen molar-refractivity contribution >= 4 is 29.7 Å². The van der Waals surface area contributed by atoms with Crippen molar-refractivity contribution in [2.45, 2.75) is 23.1 Å². The summed E-state index contributed by atoms with van der Waals surface area (Å²) in [5.74, 6) is -1.71. The number of sulfonamides is 1. The van der Waals surface area contributed by atoms with E-state index in [4.69, 9.17) is 5.14 Å². The van der Waals surface area contributed by atoms with E-state index in [0.29, 0.717) is 6.42 Å². The number of hydrogen-bond donors (Lipinski definition) is 1. The Kier molecular flexibility index (Phi) is 5.53. The molecule has 21 heavy (non-hydrogen) atoms. The lowest BCUT2D eigenvalue weighted by Crippen LogP contribution is -2.24. The fourth-order valence-corrected chi connectivity index (χ4v) is 6.55. The molecular formula is C11H17NO6S3. The van der Waals surface area contributed by atoms with Crippen molar-refractivity contribution in [3.05, 3.63) is 24.3 Å². The number of nitrogens with two attached hydrogens (primary N) is 1. The van der Waals surface area contributed by atoms with Crippen LogP contribution in [0.3, 0.4) is 0 Å². The molecule has 0 amide bonds. The minimum atomic E-state index is -4.06. The van der Waals surface area contributed by atoms with Crippen molar-refractivity contribution in [3.63, 3.8) is 0 Å². The quantitative estimate of drug-likeness (QED) is 0.729. The highest BCUT2D eigenvalue weighted by molar-refractivity contribution is 7.95. The van der Waals surface area contributed by atoms with Gasteiger partial charge in [0.25, 0.3) is 0 Å². The molecule has 120 valence electrons. The maximum absolute atomic E-state index is 12.2. The zero-order valence-corrected chi connectivity index (χ0v) is 13.8. The van der Waals surface area contributed by atoms with Gasteiger partial charge in [0.05, 0.1) is 27.0 Å². The van der Waals surface area contributed by atoms with Crippen LogP contribution in [0.25, 0.3) is 0 Å². The van der Waals surface area contributed by atoms with Gasteiger partial charge in [0.1, 0.15) is 0 Å². The van der Waals surface area contributed by atoms with E-state index in [1.54, 1.807) is 6.92 Å². The molecule has 1 aromatic carbocycles. The molecule has 0 aliphatic rings. The molecule has 1 aromatic rings. The van der Waals surface area contributed by atoms with Gasteiger partial charge in [-0.25, -0.2) is 30.4 Å². The summed E-state index contributed by atoms with van der Waals surface area (Å²) in [6.45, 7) is 1.66. The third kappa shape index (κ3) is 5.06. The van der Waals surface area contributed by atoms with Crippen LogP contribution in [0.2, 0.25) is 0 Å². The summed E-state index contributed by atoms with van der Waals surface area (Å²) in [6.07, 6.45) is 0.341. The van der Waals surface area contributed by atoms with E-state index in [2.05, 4.69) is 0 Å². The third-order valence-corrected chi connectivity index (χ3v) is 7.53. The van der Waals surface area contributed by atoms with E-state index in [9.17, 15) is 25.3 Å². The van der Waals surface area contributed by atoms with Crippen LogP contribution in [0, 0.1) is 0 Å². The molecule has 0 radical (unpaired) electrons. The van der Waals surface area contributed by atoms with Crippen LogP contribution in [0.15, 0.2) is 34.1 Å². The van der Waals surface area contributed by atoms with Crippen LogP contribution in [0.1, 0.15) is 13.3 Å². The second-order valence-corrected chi connectivity index (χ2v) is 10.3. The van der Waals surface area contributed by atoms with Gasteiger partial charge in [-0.3, -0.25) is 0 Å². The molecule has 0 unspecified atom stereocenters. The van der Waals surface area contributed by atoms with E-state index < -0.39 is 41.2 Å². The Balaban J connectivity index is 3.32. The second kappa shape index (κ2) is 6.42. The number of primary sulfonamides is 1. The normalized spacial score (nSPS) is 13.2. The van der Waals surface area contributed by atoms with Crippen molar-refractivity contribution in [2.75, 3.05) is 17.3 Å². The van der Waals surface area contributed by atoms with Crippen LogP contribution in [-0.2, 0) is 29.7 Å². The first-order valence-corrected chi connectivity index (χ1v) is 11.1. The van der Waals surface area contributed by atoms with Gasteiger partial charge in [0, 0.05) is 0 Å². The number of rotatable bonds is 7. The number of benzene rings is 1. The van der Waals surface area contributed by atoms with Gasteiger partial charge < -0.3 is 0 Å². The Bertz CT molecular complexity index is 809. The topological polar surface area (TPSA) is 128 Å². The lowest BCUT2D eigenvalue weighted by molar-refractivity contribution is 0.580. The van der Waals surface area contributed by atoms with E-state index in [1.165, 1.54) is 18.2 Å². The van der Waals surface area contributed by atoms with Crippen LogP contribution >= 0.6 is 0 Å². The van der Waals surface area contributed by atoms with E-state index in [-0.39, 0.29) is 15.5 Å². The highest BCUT2D eigenvalue weighted by Crippen LogP contribution is 2.23. The standard InChI is InChI=1S/C11H17NO6S3/c1-2-7-19(13,14)10-5-3-4-6-11(10)20(15,16)8-9-21(12,17)18/h3-6H,2,7-9H2,1H3,(H2,12,17,18). The van der Waals surface area contributed by atoms with Gasteiger partial charge in [-0.1, -0.05) is 19.1 Å². The molecule has 0 aliphatic heterocycles. The minimum Gasteiger partial charge on any atom is -0.229 e. The highest BCUT2D eigenvalue weighted by atomic mass is 32.2. The molecule has 10 heteroatoms. The lowest BCUT2D eigenvalue weighted by Gasteiger charge is -2.10. The third-order valence-electron chi connectivity index (χ3n) is 2.63. The van der Waals surface area contributed by atoms with Crippen molar-refractivity contribution in [3.8, 4) is 0 Å². The molecule has 0 spiro atoms. The highest BCUT2D eigenvalue weighted by Gasteiger charge is 2.26. The molecule has 0 aromatic heterocycles. The van der Waals surface area contributed by atoms with Gasteiger partial charge in [0.2, 0.25) is 10.0 Å². The van der Waals surface area contributed by atoms with Gasteiger partial charge in [-0.2, -0.15) is 0 Å². The van der Waals surface area contributed by atoms with Gasteiger partial charge in [-0.15, -0.1) is 0 Å². The van der Waals surface area contributed by atoms with E-state index in [0.717, 1.165) is 6.07 Å². The summed E-state index contributed by atoms with van der Waals surface area (Å²) in [5, 5.41) is 4.78. The Hall–Kier alpha value is -0.970. The van der Waals surface area contributed by atoms with Crippen LogP contribution < -0.4 is 5.14 Å². The van der Waals surface area contributed by atoms with Gasteiger partial charge >= 0.3 is 0 Å². The Labute approximate surface area is 125 Å². The molecule has 0 atom stereocenters. The molecule has 7 nitrogen and oxygen atoms in total. The second-order valence-electron chi connectivity index (χ2n) is 4.45. The molecule has 2 N–H and O–H groups in total. The molecule has 0 bridgehead atoms. The molecule has 0 fully saturated rings. The SMILES string of the molecule is CCCS(=O)(=O)c1ccccc1S(=O)(=O)CCS(N)(=O)=O. The summed E-state index contributed by atoms with van der Waals surface area (Å²) >= 11 is 0. The summed E-state index contributed by atoms with van der Waals surface area (Å²) in [6, 6.07) is 5.16. The zero-order valence-electron chi connectivity index (χ0n) is 11.4. The maximum Gasteiger partial charge on any atom is 0.210 e. The van der Waals surface area contributed by atoms with Crippen LogP contribution in [-0.4, -0.2) is 42.5 Å². The molecule has 0 saturated heterocycles. The van der Waals surface area contributed by atoms with E-state index in [1.807, 2.05) is 0 Å². The molecule has 0 aliphatic carbocycles. The largest absolute Gasteiger partial charge is 0.229 e. The monoisotopic (exact) mass is 355 g/mol. The Morgan fingerprint density at radius 2 is 1.24 bits per heavy atom. The summed E-state index contributed by atoms with van der Waals surface area (Å²) in [7, 11) is -11.8. The predicted molar refractivity (Wildman–Crippen MR) is 78.8 cm³/mol. The summed E-state index contributed by atoms with van der Waals surface area (Å²) in [4.78, 5) is -0.691. The van der Waals surface area contributed by atoms with Crippen LogP contribution in [0.4, 0.5) is 0 Å². The van der Waals surface area contributed by atoms with Crippen molar-refractivity contribution < 1.29 is 25.3 Å². The zero-order chi connectivity index (χ0) is 16.3. The van der Waals surface area contributed by atoms with E-state index >= 15 is 0 Å². The Morgan fingerprint density at radius 1 is 0.810 bits per heavy atom. The molecule has 0 heterocycles. The number of sulfone groups is 2. The average molecular weight is 355 g/mol. The first-order chi connectivity index (χ1) is 9.49. The fourth-order valence-electron chi connectivity index (χ4n) is 1.68. The summed E-state index contributed by atoms with van der Waals surface area (Å²) in [5.41, 5.74) is 0. The smallest absolute Gasteiger partial charge is 0.210 e.